The number of piperidine rings is 1. The van der Waals surface area contributed by atoms with Crippen LogP contribution < -0.4 is 4.90 Å². The van der Waals surface area contributed by atoms with Crippen molar-refractivity contribution in [1.29, 1.82) is 0 Å². The molecule has 1 fully saturated rings. The van der Waals surface area contributed by atoms with Crippen LogP contribution in [0.3, 0.4) is 0 Å². The van der Waals surface area contributed by atoms with Gasteiger partial charge in [-0.3, -0.25) is 9.97 Å². The Balaban J connectivity index is 0.000000751. The Kier molecular flexibility index (Phi) is 8.73. The Labute approximate surface area is 198 Å². The van der Waals surface area contributed by atoms with Crippen LogP contribution in [0.15, 0.2) is 42.9 Å². The fourth-order valence-electron chi connectivity index (χ4n) is 4.07. The first-order chi connectivity index (χ1) is 16.3. The molecule has 0 aliphatic carbocycles. The maximum atomic E-state index is 14.9. The van der Waals surface area contributed by atoms with Gasteiger partial charge in [0.25, 0.3) is 0 Å². The molecule has 0 unspecified atom stereocenters. The summed E-state index contributed by atoms with van der Waals surface area (Å²) < 4.78 is 35.5. The zero-order chi connectivity index (χ0) is 24.7. The summed E-state index contributed by atoms with van der Waals surface area (Å²) in [7, 11) is 0. The van der Waals surface area contributed by atoms with E-state index < -0.39 is 6.43 Å². The molecule has 5 nitrogen and oxygen atoms in total. The zero-order valence-corrected chi connectivity index (χ0v) is 19.6. The van der Waals surface area contributed by atoms with E-state index in [9.17, 15) is 18.0 Å². The minimum absolute atomic E-state index is 0.340. The van der Waals surface area contributed by atoms with Crippen LogP contribution in [0.1, 0.15) is 37.4 Å². The molecule has 0 radical (unpaired) electrons. The second-order valence-corrected chi connectivity index (χ2v) is 8.40. The number of aldehydes is 1. The van der Waals surface area contributed by atoms with E-state index >= 15 is 0 Å². The van der Waals surface area contributed by atoms with Gasteiger partial charge < -0.3 is 9.69 Å². The topological polar surface area (TPSA) is 59.0 Å². The fourth-order valence-corrected chi connectivity index (χ4v) is 4.07. The van der Waals surface area contributed by atoms with Gasteiger partial charge in [0.1, 0.15) is 6.29 Å². The molecule has 0 aromatic carbocycles. The van der Waals surface area contributed by atoms with Crippen LogP contribution in [0.25, 0.3) is 22.4 Å². The minimum atomic E-state index is -2.17. The van der Waals surface area contributed by atoms with E-state index in [4.69, 9.17) is 4.98 Å². The summed E-state index contributed by atoms with van der Waals surface area (Å²) in [6.07, 6.45) is 6.47. The molecule has 0 atom stereocenters. The monoisotopic (exact) mass is 470 g/mol. The van der Waals surface area contributed by atoms with Crippen LogP contribution in [-0.2, 0) is 4.79 Å². The average Bonchev–Trinajstić information content (AvgIpc) is 2.80. The predicted molar refractivity (Wildman–Crippen MR) is 127 cm³/mol. The van der Waals surface area contributed by atoms with Gasteiger partial charge in [-0.05, 0) is 63.3 Å². The lowest BCUT2D eigenvalue weighted by Crippen LogP contribution is -2.35. The van der Waals surface area contributed by atoms with E-state index in [0.29, 0.717) is 29.4 Å². The molecular weight excluding hydrogens is 441 g/mol. The van der Waals surface area contributed by atoms with E-state index in [-0.39, 0.29) is 5.82 Å². The summed E-state index contributed by atoms with van der Waals surface area (Å²) in [6.45, 7) is 6.27. The molecule has 180 valence electrons. The Bertz CT molecular complexity index is 1110. The van der Waals surface area contributed by atoms with Gasteiger partial charge in [0.2, 0.25) is 6.43 Å². The van der Waals surface area contributed by atoms with Crippen molar-refractivity contribution >= 4 is 12.1 Å². The molecule has 1 aliphatic rings. The van der Waals surface area contributed by atoms with E-state index in [1.165, 1.54) is 6.07 Å². The van der Waals surface area contributed by atoms with Crippen molar-refractivity contribution in [2.45, 2.75) is 46.5 Å². The second-order valence-electron chi connectivity index (χ2n) is 8.40. The first kappa shape index (κ1) is 25.3. The predicted octanol–water partition coefficient (Wildman–Crippen LogP) is 6.04. The molecule has 0 N–H and O–H groups in total. The summed E-state index contributed by atoms with van der Waals surface area (Å²) in [5, 5.41) is 0. The van der Waals surface area contributed by atoms with Crippen molar-refractivity contribution < 1.29 is 18.0 Å². The molecule has 3 aromatic rings. The number of pyridine rings is 3. The van der Waals surface area contributed by atoms with Crippen molar-refractivity contribution in [3.8, 4) is 22.4 Å². The van der Waals surface area contributed by atoms with Crippen molar-refractivity contribution in [2.24, 2.45) is 5.92 Å². The molecule has 1 aliphatic heterocycles. The molecule has 8 heteroatoms. The molecule has 0 bridgehead atoms. The smallest absolute Gasteiger partial charge is 0.235 e. The van der Waals surface area contributed by atoms with Crippen LogP contribution >= 0.6 is 0 Å². The van der Waals surface area contributed by atoms with Crippen molar-refractivity contribution in [2.75, 3.05) is 18.0 Å². The standard InChI is InChI=1S/C24H25FN4O.C2H4F2/c1-16-5-9-26-15-21(16)20-3-4-23(28-17(20)2)19-13-22(25)24(27-14-19)29-10-6-18(7-11-29)8-12-30;1-2(3)4/h3-5,9,12-15,18H,6-8,10-11H2,1-2H3;2H,1H3. The van der Waals surface area contributed by atoms with Gasteiger partial charge in [0, 0.05) is 60.5 Å². The van der Waals surface area contributed by atoms with Crippen LogP contribution in [0, 0.1) is 25.6 Å². The number of hydrogen-bond acceptors (Lipinski definition) is 5. The van der Waals surface area contributed by atoms with Crippen molar-refractivity contribution in [3.63, 3.8) is 0 Å². The van der Waals surface area contributed by atoms with Crippen LogP contribution in [0.5, 0.6) is 0 Å². The van der Waals surface area contributed by atoms with Crippen molar-refractivity contribution in [3.05, 3.63) is 59.9 Å². The molecule has 34 heavy (non-hydrogen) atoms. The number of alkyl halides is 2. The summed E-state index contributed by atoms with van der Waals surface area (Å²) in [4.78, 5) is 26.0. The molecule has 0 amide bonds. The summed E-state index contributed by atoms with van der Waals surface area (Å²) >= 11 is 0. The fraction of sp³-hybridized carbons (Fsp3) is 0.385. The number of aryl methyl sites for hydroxylation is 2. The zero-order valence-electron chi connectivity index (χ0n) is 19.6. The van der Waals surface area contributed by atoms with Crippen LogP contribution in [-0.4, -0.2) is 40.8 Å². The third kappa shape index (κ3) is 6.40. The molecule has 4 rings (SSSR count). The highest BCUT2D eigenvalue weighted by molar-refractivity contribution is 5.71. The lowest BCUT2D eigenvalue weighted by atomic mass is 9.94. The van der Waals surface area contributed by atoms with E-state index in [2.05, 4.69) is 9.97 Å². The van der Waals surface area contributed by atoms with Gasteiger partial charge in [-0.15, -0.1) is 0 Å². The number of nitrogens with zero attached hydrogens (tertiary/aromatic N) is 4. The number of anilines is 1. The Morgan fingerprint density at radius 1 is 1.12 bits per heavy atom. The number of carbonyl (C=O) groups is 1. The number of hydrogen-bond donors (Lipinski definition) is 0. The summed E-state index contributed by atoms with van der Waals surface area (Å²) in [5.41, 5.74) is 5.42. The van der Waals surface area contributed by atoms with Gasteiger partial charge in [-0.25, -0.2) is 18.2 Å². The third-order valence-corrected chi connectivity index (χ3v) is 5.88. The summed E-state index contributed by atoms with van der Waals surface area (Å²) in [5.74, 6) is 0.436. The lowest BCUT2D eigenvalue weighted by Gasteiger charge is -2.32. The molecule has 4 heterocycles. The van der Waals surface area contributed by atoms with Gasteiger partial charge in [-0.1, -0.05) is 6.07 Å². The largest absolute Gasteiger partial charge is 0.354 e. The van der Waals surface area contributed by atoms with Crippen LogP contribution in [0.4, 0.5) is 19.0 Å². The number of halogens is 3. The lowest BCUT2D eigenvalue weighted by molar-refractivity contribution is -0.108. The molecule has 0 spiro atoms. The second kappa shape index (κ2) is 11.7. The van der Waals surface area contributed by atoms with E-state index in [1.807, 2.05) is 43.1 Å². The van der Waals surface area contributed by atoms with Crippen LogP contribution in [0.2, 0.25) is 0 Å². The van der Waals surface area contributed by atoms with Gasteiger partial charge in [0.15, 0.2) is 11.6 Å². The highest BCUT2D eigenvalue weighted by Gasteiger charge is 2.22. The Morgan fingerprint density at radius 2 is 1.82 bits per heavy atom. The van der Waals surface area contributed by atoms with E-state index in [0.717, 1.165) is 61.5 Å². The highest BCUT2D eigenvalue weighted by atomic mass is 19.3. The Hall–Kier alpha value is -3.29. The first-order valence-electron chi connectivity index (χ1n) is 11.3. The van der Waals surface area contributed by atoms with Gasteiger partial charge in [0.05, 0.1) is 5.69 Å². The van der Waals surface area contributed by atoms with E-state index in [1.54, 1.807) is 12.4 Å². The highest BCUT2D eigenvalue weighted by Crippen LogP contribution is 2.30. The maximum Gasteiger partial charge on any atom is 0.235 e. The quantitative estimate of drug-likeness (QED) is 0.426. The number of rotatable bonds is 5. The number of aromatic nitrogens is 3. The molecule has 0 saturated carbocycles. The average molecular weight is 471 g/mol. The van der Waals surface area contributed by atoms with Gasteiger partial charge in [-0.2, -0.15) is 0 Å². The van der Waals surface area contributed by atoms with Crippen molar-refractivity contribution in [1.82, 2.24) is 15.0 Å². The number of carbonyl (C=O) groups excluding carboxylic acids is 1. The first-order valence-corrected chi connectivity index (χ1v) is 11.3. The Morgan fingerprint density at radius 3 is 2.41 bits per heavy atom. The third-order valence-electron chi connectivity index (χ3n) is 5.88. The van der Waals surface area contributed by atoms with Gasteiger partial charge >= 0.3 is 0 Å². The molecule has 1 saturated heterocycles. The summed E-state index contributed by atoms with van der Waals surface area (Å²) in [6, 6.07) is 7.39. The SMILES string of the molecule is CC(F)F.Cc1ccncc1-c1ccc(-c2cnc(N3CCC(CC=O)CC3)c(F)c2)nc1C. The normalized spacial score (nSPS) is 14.0. The molecular formula is C26H29F3N4O. The maximum absolute atomic E-state index is 14.9. The molecule has 3 aromatic heterocycles. The minimum Gasteiger partial charge on any atom is -0.354 e.